The van der Waals surface area contributed by atoms with Gasteiger partial charge in [0, 0.05) is 22.4 Å². The summed E-state index contributed by atoms with van der Waals surface area (Å²) in [5, 5.41) is 9.94. The van der Waals surface area contributed by atoms with Gasteiger partial charge in [0.05, 0.1) is 0 Å². The molecule has 1 N–H and O–H groups in total. The van der Waals surface area contributed by atoms with Gasteiger partial charge in [-0.25, -0.2) is 4.98 Å². The van der Waals surface area contributed by atoms with Crippen molar-refractivity contribution in [3.63, 3.8) is 0 Å². The van der Waals surface area contributed by atoms with Crippen LogP contribution < -0.4 is 5.32 Å². The molecule has 0 spiro atoms. The van der Waals surface area contributed by atoms with Gasteiger partial charge in [0.2, 0.25) is 0 Å². The molecule has 2 aromatic rings. The molecule has 0 saturated heterocycles. The third kappa shape index (κ3) is 2.87. The molecule has 2 unspecified atom stereocenters. The number of hydrogen-bond donors (Lipinski definition) is 1. The van der Waals surface area contributed by atoms with Crippen molar-refractivity contribution in [1.82, 2.24) is 10.3 Å². The van der Waals surface area contributed by atoms with Crippen LogP contribution in [0.5, 0.6) is 0 Å². The first-order chi connectivity index (χ1) is 9.22. The highest BCUT2D eigenvalue weighted by atomic mass is 32.1. The number of carbonyl (C=O) groups excluding carboxylic acids is 1. The molecule has 0 bridgehead atoms. The lowest BCUT2D eigenvalue weighted by Crippen LogP contribution is -2.33. The molecule has 3 nitrogen and oxygen atoms in total. The summed E-state index contributed by atoms with van der Waals surface area (Å²) in [6, 6.07) is 2.36. The molecule has 2 aromatic heterocycles. The van der Waals surface area contributed by atoms with Crippen molar-refractivity contribution in [3.05, 3.63) is 27.9 Å². The van der Waals surface area contributed by atoms with E-state index in [9.17, 15) is 4.79 Å². The number of thiazole rings is 1. The van der Waals surface area contributed by atoms with Crippen LogP contribution in [0.3, 0.4) is 0 Å². The summed E-state index contributed by atoms with van der Waals surface area (Å²) in [4.78, 5) is 16.6. The topological polar surface area (TPSA) is 42.0 Å². The molecule has 2 atom stereocenters. The minimum absolute atomic E-state index is 0.0307. The van der Waals surface area contributed by atoms with Gasteiger partial charge in [0.15, 0.2) is 0 Å². The van der Waals surface area contributed by atoms with E-state index >= 15 is 0 Å². The second kappa shape index (κ2) is 5.43. The van der Waals surface area contributed by atoms with Gasteiger partial charge in [0.1, 0.15) is 10.7 Å². The Morgan fingerprint density at radius 1 is 1.42 bits per heavy atom. The van der Waals surface area contributed by atoms with Crippen LogP contribution in [-0.4, -0.2) is 16.9 Å². The summed E-state index contributed by atoms with van der Waals surface area (Å²) in [5.41, 5.74) is 1.65. The summed E-state index contributed by atoms with van der Waals surface area (Å²) in [7, 11) is 0. The molecule has 0 radical (unpaired) electrons. The number of rotatable bonds is 3. The second-order valence-corrected chi connectivity index (χ2v) is 6.78. The Morgan fingerprint density at radius 2 is 2.32 bits per heavy atom. The van der Waals surface area contributed by atoms with Gasteiger partial charge in [-0.2, -0.15) is 11.3 Å². The molecule has 0 aromatic carbocycles. The summed E-state index contributed by atoms with van der Waals surface area (Å²) in [6.07, 6.45) is 3.39. The van der Waals surface area contributed by atoms with Crippen LogP contribution in [0.2, 0.25) is 0 Å². The van der Waals surface area contributed by atoms with Gasteiger partial charge < -0.3 is 5.32 Å². The Hall–Kier alpha value is -1.20. The summed E-state index contributed by atoms with van der Waals surface area (Å²) in [6.45, 7) is 2.24. The van der Waals surface area contributed by atoms with Crippen molar-refractivity contribution in [2.75, 3.05) is 0 Å². The first-order valence-electron chi connectivity index (χ1n) is 6.51. The van der Waals surface area contributed by atoms with Crippen LogP contribution >= 0.6 is 22.7 Å². The first kappa shape index (κ1) is 12.8. The van der Waals surface area contributed by atoms with E-state index < -0.39 is 0 Å². The third-order valence-corrected chi connectivity index (χ3v) is 5.11. The largest absolute Gasteiger partial charge is 0.348 e. The number of thiophene rings is 1. The van der Waals surface area contributed by atoms with E-state index in [1.165, 1.54) is 17.8 Å². The minimum Gasteiger partial charge on any atom is -0.348 e. The van der Waals surface area contributed by atoms with E-state index in [2.05, 4.69) is 22.6 Å². The molecule has 0 aliphatic heterocycles. The van der Waals surface area contributed by atoms with Crippen molar-refractivity contribution in [2.24, 2.45) is 5.92 Å². The highest BCUT2D eigenvalue weighted by Gasteiger charge is 2.24. The standard InChI is InChI=1S/C14H16N2OS2/c1-9-2-3-11(6-9)15-13(17)12-8-19-14(16-12)10-4-5-18-7-10/h4-5,7-9,11H,2-3,6H2,1H3,(H,15,17). The van der Waals surface area contributed by atoms with E-state index in [-0.39, 0.29) is 5.91 Å². The fourth-order valence-corrected chi connectivity index (χ4v) is 4.01. The Balaban J connectivity index is 1.67. The van der Waals surface area contributed by atoms with Crippen molar-refractivity contribution in [1.29, 1.82) is 0 Å². The molecule has 19 heavy (non-hydrogen) atoms. The van der Waals surface area contributed by atoms with Crippen LogP contribution in [0.4, 0.5) is 0 Å². The Bertz CT molecular complexity index is 562. The second-order valence-electron chi connectivity index (χ2n) is 5.14. The Morgan fingerprint density at radius 3 is 3.00 bits per heavy atom. The highest BCUT2D eigenvalue weighted by molar-refractivity contribution is 7.14. The van der Waals surface area contributed by atoms with Crippen molar-refractivity contribution in [3.8, 4) is 10.6 Å². The predicted octanol–water partition coefficient (Wildman–Crippen LogP) is 3.79. The van der Waals surface area contributed by atoms with Gasteiger partial charge in [-0.3, -0.25) is 4.79 Å². The van der Waals surface area contributed by atoms with E-state index in [0.29, 0.717) is 11.7 Å². The zero-order valence-corrected chi connectivity index (χ0v) is 12.4. The van der Waals surface area contributed by atoms with Gasteiger partial charge in [-0.05, 0) is 36.6 Å². The van der Waals surface area contributed by atoms with E-state index in [1.54, 1.807) is 11.3 Å². The van der Waals surface area contributed by atoms with Crippen LogP contribution in [0.1, 0.15) is 36.7 Å². The molecule has 1 aliphatic rings. The quantitative estimate of drug-likeness (QED) is 0.935. The number of amides is 1. The average molecular weight is 292 g/mol. The maximum atomic E-state index is 12.1. The molecule has 1 saturated carbocycles. The van der Waals surface area contributed by atoms with Gasteiger partial charge in [-0.15, -0.1) is 11.3 Å². The third-order valence-electron chi connectivity index (χ3n) is 3.53. The highest BCUT2D eigenvalue weighted by Crippen LogP contribution is 2.27. The van der Waals surface area contributed by atoms with E-state index in [1.807, 2.05) is 16.8 Å². The minimum atomic E-state index is -0.0307. The van der Waals surface area contributed by atoms with E-state index in [0.717, 1.165) is 29.3 Å². The van der Waals surface area contributed by atoms with Gasteiger partial charge in [-0.1, -0.05) is 6.92 Å². The molecular formula is C14H16N2OS2. The number of nitrogens with one attached hydrogen (secondary N) is 1. The SMILES string of the molecule is CC1CCC(NC(=O)c2csc(-c3ccsc3)n2)C1. The lowest BCUT2D eigenvalue weighted by Gasteiger charge is -2.10. The lowest BCUT2D eigenvalue weighted by atomic mass is 10.1. The number of nitrogens with zero attached hydrogens (tertiary/aromatic N) is 1. The predicted molar refractivity (Wildman–Crippen MR) is 79.7 cm³/mol. The van der Waals surface area contributed by atoms with E-state index in [4.69, 9.17) is 0 Å². The Labute approximate surface area is 120 Å². The molecular weight excluding hydrogens is 276 g/mol. The van der Waals surface area contributed by atoms with Crippen molar-refractivity contribution in [2.45, 2.75) is 32.2 Å². The molecule has 1 aliphatic carbocycles. The van der Waals surface area contributed by atoms with Gasteiger partial charge >= 0.3 is 0 Å². The van der Waals surface area contributed by atoms with Crippen molar-refractivity contribution >= 4 is 28.6 Å². The zero-order valence-electron chi connectivity index (χ0n) is 10.8. The van der Waals surface area contributed by atoms with Gasteiger partial charge in [0.25, 0.3) is 5.91 Å². The number of hydrogen-bond acceptors (Lipinski definition) is 4. The fourth-order valence-electron chi connectivity index (χ4n) is 2.49. The van der Waals surface area contributed by atoms with Crippen LogP contribution in [0.15, 0.2) is 22.2 Å². The Kier molecular flexibility index (Phi) is 3.66. The van der Waals surface area contributed by atoms with Crippen LogP contribution in [-0.2, 0) is 0 Å². The van der Waals surface area contributed by atoms with Crippen LogP contribution in [0, 0.1) is 5.92 Å². The number of carbonyl (C=O) groups is 1. The molecule has 100 valence electrons. The smallest absolute Gasteiger partial charge is 0.270 e. The fraction of sp³-hybridized carbons (Fsp3) is 0.429. The summed E-state index contributed by atoms with van der Waals surface area (Å²) < 4.78 is 0. The molecule has 5 heteroatoms. The number of aromatic nitrogens is 1. The summed E-state index contributed by atoms with van der Waals surface area (Å²) in [5.74, 6) is 0.693. The lowest BCUT2D eigenvalue weighted by molar-refractivity contribution is 0.0933. The molecule has 3 rings (SSSR count). The molecule has 2 heterocycles. The summed E-state index contributed by atoms with van der Waals surface area (Å²) >= 11 is 3.17. The van der Waals surface area contributed by atoms with Crippen molar-refractivity contribution < 1.29 is 4.79 Å². The molecule has 1 amide bonds. The maximum Gasteiger partial charge on any atom is 0.270 e. The maximum absolute atomic E-state index is 12.1. The average Bonchev–Trinajstić information content (AvgIpc) is 3.08. The normalized spacial score (nSPS) is 22.6. The molecule has 1 fully saturated rings. The monoisotopic (exact) mass is 292 g/mol. The first-order valence-corrected chi connectivity index (χ1v) is 8.33. The zero-order chi connectivity index (χ0) is 13.2. The van der Waals surface area contributed by atoms with Crippen LogP contribution in [0.25, 0.3) is 10.6 Å².